The maximum atomic E-state index is 3.99. The van der Waals surface area contributed by atoms with Crippen molar-refractivity contribution >= 4 is 11.7 Å². The van der Waals surface area contributed by atoms with E-state index in [4.69, 9.17) is 0 Å². The van der Waals surface area contributed by atoms with E-state index in [9.17, 15) is 0 Å². The number of aromatic nitrogens is 3. The van der Waals surface area contributed by atoms with Gasteiger partial charge in [0.2, 0.25) is 5.95 Å². The predicted molar refractivity (Wildman–Crippen MR) is 36.8 cm³/mol. The van der Waals surface area contributed by atoms with Gasteiger partial charge in [-0.15, -0.1) is 0 Å². The summed E-state index contributed by atoms with van der Waals surface area (Å²) in [5.74, 6) is 0.714. The highest BCUT2D eigenvalue weighted by Gasteiger charge is 2.08. The van der Waals surface area contributed by atoms with Gasteiger partial charge in [-0.2, -0.15) is 15.2 Å². The number of nitrogens with zero attached hydrogens (tertiary/aromatic N) is 4. The Morgan fingerprint density at radius 2 is 2.60 bits per heavy atom. The van der Waals surface area contributed by atoms with Gasteiger partial charge in [0.1, 0.15) is 6.33 Å². The summed E-state index contributed by atoms with van der Waals surface area (Å²) in [6.07, 6.45) is 1.51. The van der Waals surface area contributed by atoms with Crippen LogP contribution in [-0.2, 0) is 6.54 Å². The molecular formula is C5H7N5. The van der Waals surface area contributed by atoms with Crippen LogP contribution in [0.3, 0.4) is 0 Å². The molecule has 1 aromatic heterocycles. The zero-order valence-electron chi connectivity index (χ0n) is 5.57. The van der Waals surface area contributed by atoms with E-state index < -0.39 is 0 Å². The Bertz CT molecular complexity index is 273. The van der Waals surface area contributed by atoms with Gasteiger partial charge in [-0.1, -0.05) is 0 Å². The van der Waals surface area contributed by atoms with Gasteiger partial charge < -0.3 is 0 Å². The molecule has 0 radical (unpaired) electrons. The van der Waals surface area contributed by atoms with Crippen LogP contribution in [0.1, 0.15) is 6.92 Å². The molecule has 1 N–H and O–H groups in total. The van der Waals surface area contributed by atoms with Crippen molar-refractivity contribution in [3.05, 3.63) is 6.33 Å². The minimum Gasteiger partial charge on any atom is -0.245 e. The van der Waals surface area contributed by atoms with Gasteiger partial charge in [-0.3, -0.25) is 0 Å². The number of hydrogen-bond donors (Lipinski definition) is 1. The molecule has 0 bridgehead atoms. The zero-order valence-corrected chi connectivity index (χ0v) is 5.57. The molecule has 5 heteroatoms. The molecule has 0 saturated carbocycles. The monoisotopic (exact) mass is 137 g/mol. The maximum Gasteiger partial charge on any atom is 0.242 e. The normalized spacial score (nSPS) is 15.5. The van der Waals surface area contributed by atoms with Gasteiger partial charge in [0, 0.05) is 0 Å². The molecular weight excluding hydrogens is 130 g/mol. The SMILES string of the molecule is CC1=NNc2ncnn2C1. The third kappa shape index (κ3) is 0.671. The first-order valence-corrected chi connectivity index (χ1v) is 3.03. The van der Waals surface area contributed by atoms with E-state index in [0.29, 0.717) is 5.95 Å². The largest absolute Gasteiger partial charge is 0.245 e. The first-order chi connectivity index (χ1) is 4.86. The van der Waals surface area contributed by atoms with Crippen LogP contribution < -0.4 is 5.43 Å². The van der Waals surface area contributed by atoms with Gasteiger partial charge >= 0.3 is 0 Å². The molecule has 0 unspecified atom stereocenters. The topological polar surface area (TPSA) is 55.1 Å². The zero-order chi connectivity index (χ0) is 6.97. The summed E-state index contributed by atoms with van der Waals surface area (Å²) in [4.78, 5) is 3.92. The van der Waals surface area contributed by atoms with Crippen molar-refractivity contribution in [2.45, 2.75) is 13.5 Å². The van der Waals surface area contributed by atoms with Crippen molar-refractivity contribution in [3.63, 3.8) is 0 Å². The third-order valence-corrected chi connectivity index (χ3v) is 1.34. The van der Waals surface area contributed by atoms with Crippen molar-refractivity contribution in [1.82, 2.24) is 14.8 Å². The van der Waals surface area contributed by atoms with Crippen molar-refractivity contribution in [2.24, 2.45) is 5.10 Å². The Balaban J connectivity index is 2.39. The second-order valence-electron chi connectivity index (χ2n) is 2.20. The summed E-state index contributed by atoms with van der Waals surface area (Å²) in [5, 5.41) is 7.96. The standard InChI is InChI=1S/C5H7N5/c1-4-2-10-5(9-8-4)6-3-7-10/h3H,2H2,1H3,(H,6,7,9). The lowest BCUT2D eigenvalue weighted by Crippen LogP contribution is -2.17. The lowest BCUT2D eigenvalue weighted by atomic mass is 10.4. The van der Waals surface area contributed by atoms with Gasteiger partial charge in [-0.05, 0) is 6.92 Å². The quantitative estimate of drug-likeness (QED) is 0.551. The van der Waals surface area contributed by atoms with Gasteiger partial charge in [0.25, 0.3) is 0 Å². The highest BCUT2D eigenvalue weighted by Crippen LogP contribution is 2.05. The van der Waals surface area contributed by atoms with E-state index in [0.717, 1.165) is 12.3 Å². The van der Waals surface area contributed by atoms with Crippen LogP contribution in [0.15, 0.2) is 11.4 Å². The Labute approximate surface area is 57.8 Å². The molecule has 1 aromatic rings. The first kappa shape index (κ1) is 5.40. The van der Waals surface area contributed by atoms with Crippen LogP contribution >= 0.6 is 0 Å². The molecule has 52 valence electrons. The van der Waals surface area contributed by atoms with Crippen LogP contribution in [0.4, 0.5) is 5.95 Å². The number of hydrogen-bond acceptors (Lipinski definition) is 4. The van der Waals surface area contributed by atoms with E-state index in [1.54, 1.807) is 4.68 Å². The molecule has 0 spiro atoms. The highest BCUT2D eigenvalue weighted by atomic mass is 15.5. The fourth-order valence-corrected chi connectivity index (χ4v) is 0.864. The average Bonchev–Trinajstić information content (AvgIpc) is 2.33. The van der Waals surface area contributed by atoms with Crippen molar-refractivity contribution in [2.75, 3.05) is 5.43 Å². The molecule has 0 atom stereocenters. The molecule has 0 saturated heterocycles. The second-order valence-corrected chi connectivity index (χ2v) is 2.20. The van der Waals surface area contributed by atoms with E-state index in [1.807, 2.05) is 6.92 Å². The number of hydrazone groups is 1. The Hall–Kier alpha value is -1.39. The number of anilines is 1. The van der Waals surface area contributed by atoms with E-state index >= 15 is 0 Å². The Morgan fingerprint density at radius 3 is 3.50 bits per heavy atom. The maximum absolute atomic E-state index is 3.99. The fourth-order valence-electron chi connectivity index (χ4n) is 0.864. The molecule has 10 heavy (non-hydrogen) atoms. The van der Waals surface area contributed by atoms with Crippen LogP contribution in [-0.4, -0.2) is 20.5 Å². The fraction of sp³-hybridized carbons (Fsp3) is 0.400. The number of fused-ring (bicyclic) bond motifs is 1. The minimum absolute atomic E-state index is 0.714. The van der Waals surface area contributed by atoms with Crippen molar-refractivity contribution < 1.29 is 0 Å². The number of rotatable bonds is 0. The van der Waals surface area contributed by atoms with Crippen molar-refractivity contribution in [3.8, 4) is 0 Å². The molecule has 0 aromatic carbocycles. The van der Waals surface area contributed by atoms with Crippen LogP contribution in [0.5, 0.6) is 0 Å². The molecule has 0 aliphatic carbocycles. The number of nitrogens with one attached hydrogen (secondary N) is 1. The van der Waals surface area contributed by atoms with Crippen LogP contribution in [0.2, 0.25) is 0 Å². The molecule has 0 fully saturated rings. The lowest BCUT2D eigenvalue weighted by Gasteiger charge is -2.09. The summed E-state index contributed by atoms with van der Waals surface area (Å²) >= 11 is 0. The van der Waals surface area contributed by atoms with Gasteiger partial charge in [0.05, 0.1) is 12.3 Å². The summed E-state index contributed by atoms with van der Waals surface area (Å²) in [6, 6.07) is 0. The molecule has 2 heterocycles. The molecule has 1 aliphatic rings. The minimum atomic E-state index is 0.714. The van der Waals surface area contributed by atoms with E-state index in [1.165, 1.54) is 6.33 Å². The average molecular weight is 137 g/mol. The Morgan fingerprint density at radius 1 is 1.70 bits per heavy atom. The summed E-state index contributed by atoms with van der Waals surface area (Å²) < 4.78 is 1.77. The molecule has 1 aliphatic heterocycles. The van der Waals surface area contributed by atoms with Crippen LogP contribution in [0.25, 0.3) is 0 Å². The lowest BCUT2D eigenvalue weighted by molar-refractivity contribution is 0.710. The van der Waals surface area contributed by atoms with Gasteiger partial charge in [-0.25, -0.2) is 10.1 Å². The molecule has 0 amide bonds. The summed E-state index contributed by atoms with van der Waals surface area (Å²) in [5.41, 5.74) is 3.78. The third-order valence-electron chi connectivity index (χ3n) is 1.34. The highest BCUT2D eigenvalue weighted by molar-refractivity contribution is 5.83. The molecule has 2 rings (SSSR count). The van der Waals surface area contributed by atoms with Gasteiger partial charge in [0.15, 0.2) is 0 Å². The summed E-state index contributed by atoms with van der Waals surface area (Å²) in [7, 11) is 0. The van der Waals surface area contributed by atoms with E-state index in [-0.39, 0.29) is 0 Å². The van der Waals surface area contributed by atoms with Crippen molar-refractivity contribution in [1.29, 1.82) is 0 Å². The van der Waals surface area contributed by atoms with E-state index in [2.05, 4.69) is 20.6 Å². The second kappa shape index (κ2) is 1.80. The molecule has 5 nitrogen and oxygen atoms in total. The smallest absolute Gasteiger partial charge is 0.242 e. The first-order valence-electron chi connectivity index (χ1n) is 3.03. The summed E-state index contributed by atoms with van der Waals surface area (Å²) in [6.45, 7) is 2.68. The predicted octanol–water partition coefficient (Wildman–Crippen LogP) is 0.0795. The Kier molecular flexibility index (Phi) is 0.969. The van der Waals surface area contributed by atoms with Crippen LogP contribution in [0, 0.1) is 0 Å².